The van der Waals surface area contributed by atoms with Crippen LogP contribution in [-0.4, -0.2) is 82.8 Å². The lowest BCUT2D eigenvalue weighted by atomic mass is 9.62. The number of amides is 2. The molecular weight excluding hydrogens is 424 g/mol. The van der Waals surface area contributed by atoms with Gasteiger partial charge in [0.05, 0.1) is 18.1 Å². The van der Waals surface area contributed by atoms with Crippen LogP contribution in [0.15, 0.2) is 25.3 Å². The molecular formula is C25H38N2O6. The third-order valence-electron chi connectivity index (χ3n) is 7.68. The Hall–Kier alpha value is -2.19. The van der Waals surface area contributed by atoms with Crippen molar-refractivity contribution in [3.8, 4) is 0 Å². The molecule has 8 nitrogen and oxygen atoms in total. The maximum Gasteiger partial charge on any atom is 0.313 e. The van der Waals surface area contributed by atoms with Crippen molar-refractivity contribution in [2.24, 2.45) is 17.8 Å². The van der Waals surface area contributed by atoms with Crippen LogP contribution >= 0.6 is 0 Å². The summed E-state index contributed by atoms with van der Waals surface area (Å²) in [6.45, 7) is 14.0. The summed E-state index contributed by atoms with van der Waals surface area (Å²) in [5.74, 6) is -2.75. The highest BCUT2D eigenvalue weighted by molar-refractivity contribution is 5.98. The van der Waals surface area contributed by atoms with Gasteiger partial charge in [-0.1, -0.05) is 45.4 Å². The molecule has 3 heterocycles. The number of aliphatic hydroxyl groups excluding tert-OH is 1. The molecule has 2 bridgehead atoms. The first kappa shape index (κ1) is 25.4. The molecule has 3 aliphatic rings. The molecule has 0 aromatic carbocycles. The molecule has 3 aliphatic heterocycles. The molecule has 184 valence electrons. The lowest BCUT2D eigenvalue weighted by molar-refractivity contribution is -0.161. The van der Waals surface area contributed by atoms with Crippen molar-refractivity contribution in [2.75, 3.05) is 32.8 Å². The smallest absolute Gasteiger partial charge is 0.313 e. The van der Waals surface area contributed by atoms with Crippen LogP contribution in [0, 0.1) is 17.8 Å². The highest BCUT2D eigenvalue weighted by atomic mass is 16.6. The Morgan fingerprint density at radius 3 is 2.67 bits per heavy atom. The molecule has 8 heteroatoms. The summed E-state index contributed by atoms with van der Waals surface area (Å²) in [6.07, 6.45) is 6.50. The fourth-order valence-corrected chi connectivity index (χ4v) is 6.13. The summed E-state index contributed by atoms with van der Waals surface area (Å²) in [7, 11) is 0. The van der Waals surface area contributed by atoms with Gasteiger partial charge in [-0.25, -0.2) is 0 Å². The summed E-state index contributed by atoms with van der Waals surface area (Å²) in [6, 6.07) is -0.898. The van der Waals surface area contributed by atoms with E-state index in [4.69, 9.17) is 9.47 Å². The number of esters is 1. The molecule has 0 aromatic rings. The molecule has 0 aromatic heterocycles. The van der Waals surface area contributed by atoms with Gasteiger partial charge in [0.2, 0.25) is 11.8 Å². The molecule has 3 fully saturated rings. The van der Waals surface area contributed by atoms with Gasteiger partial charge in [0.1, 0.15) is 24.2 Å². The summed E-state index contributed by atoms with van der Waals surface area (Å²) in [5.41, 5.74) is -2.03. The SMILES string of the molecule is C=CCOC(=O)[C@H]1[C@H]2C(=O)N(CCO)C(C(=O)N(CC=C)CCCCC)C23CC(C)[C@]1(C)O3. The van der Waals surface area contributed by atoms with E-state index in [0.717, 1.165) is 19.3 Å². The van der Waals surface area contributed by atoms with E-state index in [9.17, 15) is 19.5 Å². The maximum absolute atomic E-state index is 13.9. The number of hydrogen-bond donors (Lipinski definition) is 1. The molecule has 0 aliphatic carbocycles. The molecule has 0 saturated carbocycles. The number of carbonyl (C=O) groups excluding carboxylic acids is 3. The predicted molar refractivity (Wildman–Crippen MR) is 123 cm³/mol. The second-order valence-electron chi connectivity index (χ2n) is 9.66. The zero-order valence-corrected chi connectivity index (χ0v) is 20.1. The van der Waals surface area contributed by atoms with E-state index in [1.807, 2.05) is 13.8 Å². The van der Waals surface area contributed by atoms with Crippen LogP contribution in [0.1, 0.15) is 46.5 Å². The van der Waals surface area contributed by atoms with E-state index in [-0.39, 0.29) is 37.5 Å². The first-order valence-corrected chi connectivity index (χ1v) is 12.0. The van der Waals surface area contributed by atoms with E-state index in [1.165, 1.54) is 11.0 Å². The Bertz CT molecular complexity index is 800. The first-order valence-electron chi connectivity index (χ1n) is 12.0. The van der Waals surface area contributed by atoms with Crippen molar-refractivity contribution in [3.05, 3.63) is 25.3 Å². The minimum absolute atomic E-state index is 0.00720. The number of hydrogen-bond acceptors (Lipinski definition) is 6. The van der Waals surface area contributed by atoms with Gasteiger partial charge in [0.25, 0.3) is 0 Å². The van der Waals surface area contributed by atoms with E-state index < -0.39 is 35.0 Å². The second kappa shape index (κ2) is 9.97. The van der Waals surface area contributed by atoms with Gasteiger partial charge in [-0.3, -0.25) is 14.4 Å². The number of likely N-dealkylation sites (tertiary alicyclic amines) is 1. The molecule has 3 unspecified atom stereocenters. The highest BCUT2D eigenvalue weighted by Gasteiger charge is 2.80. The van der Waals surface area contributed by atoms with Crippen molar-refractivity contribution in [1.29, 1.82) is 0 Å². The monoisotopic (exact) mass is 462 g/mol. The predicted octanol–water partition coefficient (Wildman–Crippen LogP) is 1.92. The lowest BCUT2D eigenvalue weighted by Gasteiger charge is -2.37. The van der Waals surface area contributed by atoms with Gasteiger partial charge < -0.3 is 24.4 Å². The van der Waals surface area contributed by atoms with Gasteiger partial charge in [-0.15, -0.1) is 6.58 Å². The average molecular weight is 463 g/mol. The van der Waals surface area contributed by atoms with Crippen LogP contribution in [-0.2, 0) is 23.9 Å². The topological polar surface area (TPSA) is 96.4 Å². The Balaban J connectivity index is 2.03. The normalized spacial score (nSPS) is 34.3. The molecule has 0 radical (unpaired) electrons. The van der Waals surface area contributed by atoms with E-state index >= 15 is 0 Å². The zero-order chi connectivity index (χ0) is 24.4. The van der Waals surface area contributed by atoms with Crippen LogP contribution in [0.5, 0.6) is 0 Å². The van der Waals surface area contributed by atoms with Crippen LogP contribution < -0.4 is 0 Å². The number of aliphatic hydroxyl groups is 1. The minimum Gasteiger partial charge on any atom is -0.461 e. The molecule has 1 N–H and O–H groups in total. The minimum atomic E-state index is -1.13. The molecule has 6 atom stereocenters. The summed E-state index contributed by atoms with van der Waals surface area (Å²) in [5, 5.41) is 9.71. The van der Waals surface area contributed by atoms with E-state index in [1.54, 1.807) is 11.0 Å². The second-order valence-corrected chi connectivity index (χ2v) is 9.66. The van der Waals surface area contributed by atoms with Crippen LogP contribution in [0.4, 0.5) is 0 Å². The number of β-amino-alcohol motifs (C(OH)–C–C–N with tert-alkyl or cyclic N) is 1. The Morgan fingerprint density at radius 2 is 2.06 bits per heavy atom. The fourth-order valence-electron chi connectivity index (χ4n) is 6.13. The average Bonchev–Trinajstić information content (AvgIpc) is 3.28. The van der Waals surface area contributed by atoms with Gasteiger partial charge in [-0.2, -0.15) is 0 Å². The molecule has 3 rings (SSSR count). The Morgan fingerprint density at radius 1 is 1.33 bits per heavy atom. The van der Waals surface area contributed by atoms with Crippen molar-refractivity contribution >= 4 is 17.8 Å². The van der Waals surface area contributed by atoms with Gasteiger partial charge in [0.15, 0.2) is 0 Å². The largest absolute Gasteiger partial charge is 0.461 e. The van der Waals surface area contributed by atoms with Crippen molar-refractivity contribution < 1.29 is 29.0 Å². The number of fused-ring (bicyclic) bond motifs is 1. The Labute approximate surface area is 196 Å². The maximum atomic E-state index is 13.9. The molecule has 2 amide bonds. The third kappa shape index (κ3) is 4.01. The number of nitrogens with zero attached hydrogens (tertiary/aromatic N) is 2. The molecule has 33 heavy (non-hydrogen) atoms. The van der Waals surface area contributed by atoms with E-state index in [0.29, 0.717) is 19.5 Å². The van der Waals surface area contributed by atoms with Crippen molar-refractivity contribution in [3.63, 3.8) is 0 Å². The van der Waals surface area contributed by atoms with Crippen LogP contribution in [0.2, 0.25) is 0 Å². The van der Waals surface area contributed by atoms with Crippen molar-refractivity contribution in [2.45, 2.75) is 63.7 Å². The van der Waals surface area contributed by atoms with Crippen LogP contribution in [0.3, 0.4) is 0 Å². The standard InChI is InChI=1S/C25H38N2O6/c1-6-9-10-12-26(11-7-2)22(30)20-25-16-17(4)24(5,33-25)19(23(31)32-15-8-3)18(25)21(29)27(20)13-14-28/h7-8,17-20,28H,2-3,6,9-16H2,1,4-5H3/t17?,18-,19+,20?,24-,25?/m0/s1. The summed E-state index contributed by atoms with van der Waals surface area (Å²) < 4.78 is 12.0. The lowest BCUT2D eigenvalue weighted by Crippen LogP contribution is -2.57. The highest BCUT2D eigenvalue weighted by Crippen LogP contribution is 2.65. The van der Waals surface area contributed by atoms with Gasteiger partial charge in [0, 0.05) is 19.6 Å². The quantitative estimate of drug-likeness (QED) is 0.270. The van der Waals surface area contributed by atoms with Crippen LogP contribution in [0.25, 0.3) is 0 Å². The fraction of sp³-hybridized carbons (Fsp3) is 0.720. The number of ether oxygens (including phenoxy) is 2. The van der Waals surface area contributed by atoms with Crippen molar-refractivity contribution in [1.82, 2.24) is 9.80 Å². The third-order valence-corrected chi connectivity index (χ3v) is 7.68. The zero-order valence-electron chi connectivity index (χ0n) is 20.1. The van der Waals surface area contributed by atoms with Gasteiger partial charge >= 0.3 is 5.97 Å². The number of unbranched alkanes of at least 4 members (excludes halogenated alkanes) is 2. The van der Waals surface area contributed by atoms with E-state index in [2.05, 4.69) is 20.1 Å². The summed E-state index contributed by atoms with van der Waals surface area (Å²) >= 11 is 0. The first-order chi connectivity index (χ1) is 15.7. The number of carbonyl (C=O) groups is 3. The van der Waals surface area contributed by atoms with Gasteiger partial charge in [-0.05, 0) is 25.7 Å². The molecule has 1 spiro atoms. The number of rotatable bonds is 12. The Kier molecular flexibility index (Phi) is 7.69. The summed E-state index contributed by atoms with van der Waals surface area (Å²) in [4.78, 5) is 43.9. The molecule has 3 saturated heterocycles.